The monoisotopic (exact) mass is 461 g/mol. The largest absolute Gasteiger partial charge is 0.488 e. The van der Waals surface area contributed by atoms with Crippen molar-refractivity contribution in [2.45, 2.75) is 18.3 Å². The van der Waals surface area contributed by atoms with E-state index < -0.39 is 11.2 Å². The summed E-state index contributed by atoms with van der Waals surface area (Å²) in [5.74, 6) is -0.758. The second kappa shape index (κ2) is 9.52. The number of benzene rings is 2. The summed E-state index contributed by atoms with van der Waals surface area (Å²) in [6.45, 7) is 0.404. The molecular formula is C19H16BrN3O4S. The standard InChI is InChI=1S/C19H16BrN3O4S/c20-14-6-3-4-12(8-14)11-27-15-7-2-1-5-13(15)10-21-23-19-22-18(26)16(28-19)9-17(24)25/h1-8,10,16H,9,11H2,(H,24,25)(H,22,23,26). The summed E-state index contributed by atoms with van der Waals surface area (Å²) in [5, 5.41) is 18.9. The van der Waals surface area contributed by atoms with Crippen molar-refractivity contribution in [3.63, 3.8) is 0 Å². The van der Waals surface area contributed by atoms with Crippen molar-refractivity contribution < 1.29 is 19.4 Å². The summed E-state index contributed by atoms with van der Waals surface area (Å²) >= 11 is 4.49. The predicted octanol–water partition coefficient (Wildman–Crippen LogP) is 3.42. The highest BCUT2D eigenvalue weighted by Crippen LogP contribution is 2.23. The van der Waals surface area contributed by atoms with Gasteiger partial charge in [-0.3, -0.25) is 9.59 Å². The maximum Gasteiger partial charge on any atom is 0.305 e. The molecule has 1 aliphatic heterocycles. The normalized spacial score (nSPS) is 17.8. The molecule has 7 nitrogen and oxygen atoms in total. The first-order valence-electron chi connectivity index (χ1n) is 8.28. The molecule has 1 amide bonds. The lowest BCUT2D eigenvalue weighted by Gasteiger charge is -2.09. The molecule has 2 aromatic rings. The number of para-hydroxylation sites is 1. The van der Waals surface area contributed by atoms with Crippen LogP contribution in [0.4, 0.5) is 0 Å². The van der Waals surface area contributed by atoms with Gasteiger partial charge < -0.3 is 15.2 Å². The number of nitrogens with one attached hydrogen (secondary N) is 1. The molecule has 1 unspecified atom stereocenters. The van der Waals surface area contributed by atoms with Gasteiger partial charge >= 0.3 is 5.97 Å². The number of carbonyl (C=O) groups excluding carboxylic acids is 1. The molecule has 1 atom stereocenters. The topological polar surface area (TPSA) is 100 Å². The molecule has 2 aromatic carbocycles. The van der Waals surface area contributed by atoms with E-state index in [2.05, 4.69) is 31.4 Å². The fourth-order valence-corrected chi connectivity index (χ4v) is 3.76. The van der Waals surface area contributed by atoms with E-state index in [0.29, 0.717) is 12.4 Å². The van der Waals surface area contributed by atoms with Crippen LogP contribution in [0.15, 0.2) is 63.2 Å². The molecule has 0 bridgehead atoms. The Bertz CT molecular complexity index is 948. The molecule has 1 heterocycles. The number of hydrogen-bond acceptors (Lipinski definition) is 6. The van der Waals surface area contributed by atoms with E-state index in [1.165, 1.54) is 6.21 Å². The number of nitrogens with zero attached hydrogens (tertiary/aromatic N) is 2. The quantitative estimate of drug-likeness (QED) is 0.485. The third-order valence-corrected chi connectivity index (χ3v) is 5.25. The zero-order valence-corrected chi connectivity index (χ0v) is 16.9. The van der Waals surface area contributed by atoms with Gasteiger partial charge in [0.25, 0.3) is 0 Å². The van der Waals surface area contributed by atoms with E-state index in [1.54, 1.807) is 0 Å². The number of rotatable bonds is 7. The first-order valence-corrected chi connectivity index (χ1v) is 9.95. The molecule has 3 rings (SSSR count). The van der Waals surface area contributed by atoms with Gasteiger partial charge in [-0.1, -0.05) is 52.0 Å². The minimum Gasteiger partial charge on any atom is -0.488 e. The number of ether oxygens (including phenoxy) is 1. The fourth-order valence-electron chi connectivity index (χ4n) is 2.40. The number of thioether (sulfide) groups is 1. The highest BCUT2D eigenvalue weighted by atomic mass is 79.9. The van der Waals surface area contributed by atoms with Crippen molar-refractivity contribution in [1.82, 2.24) is 5.32 Å². The van der Waals surface area contributed by atoms with Crippen molar-refractivity contribution in [2.24, 2.45) is 10.2 Å². The lowest BCUT2D eigenvalue weighted by Crippen LogP contribution is -2.26. The van der Waals surface area contributed by atoms with Crippen LogP contribution >= 0.6 is 27.7 Å². The molecule has 9 heteroatoms. The van der Waals surface area contributed by atoms with Crippen LogP contribution in [0.5, 0.6) is 5.75 Å². The van der Waals surface area contributed by atoms with Gasteiger partial charge in [0.15, 0.2) is 5.17 Å². The van der Waals surface area contributed by atoms with E-state index >= 15 is 0 Å². The van der Waals surface area contributed by atoms with Gasteiger partial charge in [-0.15, -0.1) is 5.10 Å². The lowest BCUT2D eigenvalue weighted by atomic mass is 10.2. The Morgan fingerprint density at radius 2 is 2.11 bits per heavy atom. The number of amidine groups is 1. The number of amides is 1. The summed E-state index contributed by atoms with van der Waals surface area (Å²) in [6, 6.07) is 15.2. The summed E-state index contributed by atoms with van der Waals surface area (Å²) in [4.78, 5) is 22.4. The molecule has 2 N–H and O–H groups in total. The molecule has 0 aromatic heterocycles. The molecule has 0 saturated carbocycles. The Morgan fingerprint density at radius 3 is 2.89 bits per heavy atom. The minimum absolute atomic E-state index is 0.258. The Balaban J connectivity index is 1.64. The number of halogens is 1. The average molecular weight is 462 g/mol. The van der Waals surface area contributed by atoms with Crippen LogP contribution in [-0.4, -0.2) is 33.6 Å². The molecule has 28 heavy (non-hydrogen) atoms. The van der Waals surface area contributed by atoms with Crippen LogP contribution in [0.2, 0.25) is 0 Å². The fraction of sp³-hybridized carbons (Fsp3) is 0.158. The molecule has 1 aliphatic rings. The van der Waals surface area contributed by atoms with Gasteiger partial charge in [0.2, 0.25) is 5.91 Å². The third kappa shape index (κ3) is 5.67. The summed E-state index contributed by atoms with van der Waals surface area (Å²) < 4.78 is 6.86. The molecule has 1 fully saturated rings. The molecule has 0 radical (unpaired) electrons. The summed E-state index contributed by atoms with van der Waals surface area (Å²) in [5.41, 5.74) is 1.76. The SMILES string of the molecule is O=C(O)CC1SC(=NN=Cc2ccccc2OCc2cccc(Br)c2)NC1=O. The first-order chi connectivity index (χ1) is 13.5. The minimum atomic E-state index is -1.03. The van der Waals surface area contributed by atoms with Crippen LogP contribution in [0.3, 0.4) is 0 Å². The van der Waals surface area contributed by atoms with Gasteiger partial charge in [-0.2, -0.15) is 5.10 Å². The zero-order valence-electron chi connectivity index (χ0n) is 14.5. The summed E-state index contributed by atoms with van der Waals surface area (Å²) in [6.07, 6.45) is 1.27. The third-order valence-electron chi connectivity index (χ3n) is 3.68. The number of aliphatic carboxylic acids is 1. The van der Waals surface area contributed by atoms with Crippen LogP contribution in [0, 0.1) is 0 Å². The maximum absolute atomic E-state index is 11.7. The first kappa shape index (κ1) is 20.1. The van der Waals surface area contributed by atoms with Crippen LogP contribution in [0.1, 0.15) is 17.5 Å². The second-order valence-electron chi connectivity index (χ2n) is 5.80. The highest BCUT2D eigenvalue weighted by molar-refractivity contribution is 9.10. The Hall–Kier alpha value is -2.65. The number of carbonyl (C=O) groups is 2. The Kier molecular flexibility index (Phi) is 6.83. The van der Waals surface area contributed by atoms with Gasteiger partial charge in [0.05, 0.1) is 12.6 Å². The second-order valence-corrected chi connectivity index (χ2v) is 7.91. The molecule has 1 saturated heterocycles. The van der Waals surface area contributed by atoms with Gasteiger partial charge in [0, 0.05) is 10.0 Å². The smallest absolute Gasteiger partial charge is 0.305 e. The van der Waals surface area contributed by atoms with Crippen molar-refractivity contribution in [1.29, 1.82) is 0 Å². The van der Waals surface area contributed by atoms with Crippen LogP contribution in [-0.2, 0) is 16.2 Å². The number of hydrogen-bond donors (Lipinski definition) is 2. The molecule has 0 aliphatic carbocycles. The van der Waals surface area contributed by atoms with Crippen molar-refractivity contribution in [3.8, 4) is 5.75 Å². The lowest BCUT2D eigenvalue weighted by molar-refractivity contribution is -0.138. The van der Waals surface area contributed by atoms with E-state index in [4.69, 9.17) is 9.84 Å². The van der Waals surface area contributed by atoms with E-state index in [0.717, 1.165) is 27.4 Å². The van der Waals surface area contributed by atoms with Crippen LogP contribution < -0.4 is 10.1 Å². The van der Waals surface area contributed by atoms with Crippen LogP contribution in [0.25, 0.3) is 0 Å². The van der Waals surface area contributed by atoms with E-state index in [9.17, 15) is 9.59 Å². The highest BCUT2D eigenvalue weighted by Gasteiger charge is 2.32. The number of carboxylic acid groups (broad SMARTS) is 1. The van der Waals surface area contributed by atoms with Gasteiger partial charge in [-0.05, 0) is 29.8 Å². The van der Waals surface area contributed by atoms with E-state index in [-0.39, 0.29) is 17.5 Å². The zero-order chi connectivity index (χ0) is 19.9. The van der Waals surface area contributed by atoms with Gasteiger partial charge in [0.1, 0.15) is 17.6 Å². The summed E-state index contributed by atoms with van der Waals surface area (Å²) in [7, 11) is 0. The molecule has 0 spiro atoms. The Morgan fingerprint density at radius 1 is 1.29 bits per heavy atom. The average Bonchev–Trinajstić information content (AvgIpc) is 2.99. The van der Waals surface area contributed by atoms with Gasteiger partial charge in [-0.25, -0.2) is 0 Å². The molecule has 144 valence electrons. The van der Waals surface area contributed by atoms with Crippen molar-refractivity contribution >= 4 is 51.0 Å². The van der Waals surface area contributed by atoms with E-state index in [1.807, 2.05) is 48.5 Å². The maximum atomic E-state index is 11.7. The predicted molar refractivity (Wildman–Crippen MR) is 112 cm³/mol. The Labute approximate surface area is 174 Å². The molecular weight excluding hydrogens is 446 g/mol. The van der Waals surface area contributed by atoms with Crippen molar-refractivity contribution in [3.05, 3.63) is 64.1 Å². The number of carboxylic acids is 1. The van der Waals surface area contributed by atoms with Crippen molar-refractivity contribution in [2.75, 3.05) is 0 Å².